The van der Waals surface area contributed by atoms with Crippen LogP contribution in [0.2, 0.25) is 0 Å². The van der Waals surface area contributed by atoms with E-state index in [2.05, 4.69) is 9.88 Å². The first-order chi connectivity index (χ1) is 12.5. The third kappa shape index (κ3) is 3.96. The van der Waals surface area contributed by atoms with Gasteiger partial charge in [0.2, 0.25) is 0 Å². The lowest BCUT2D eigenvalue weighted by Crippen LogP contribution is -2.23. The fourth-order valence-electron chi connectivity index (χ4n) is 3.13. The standard InChI is InChI=1S/C20H26N4O2/c1-13(2)26-15-4-5-18(21)17(11-15)20(22)14-6-8-23-19(10-14)24-9-7-16(12-24)25-3/h4-6,8,10-11,13,16,22H,7,9,12,21H2,1-3H3/t16-/m1/s1. The van der Waals surface area contributed by atoms with E-state index in [1.165, 1.54) is 0 Å². The van der Waals surface area contributed by atoms with Gasteiger partial charge in [-0.05, 0) is 50.6 Å². The van der Waals surface area contributed by atoms with E-state index >= 15 is 0 Å². The number of nitrogens with two attached hydrogens (primary N) is 1. The summed E-state index contributed by atoms with van der Waals surface area (Å²) in [5, 5.41) is 8.63. The largest absolute Gasteiger partial charge is 0.491 e. The summed E-state index contributed by atoms with van der Waals surface area (Å²) in [5.41, 5.74) is 8.49. The quantitative estimate of drug-likeness (QED) is 0.615. The van der Waals surface area contributed by atoms with E-state index in [0.29, 0.717) is 22.7 Å². The van der Waals surface area contributed by atoms with Crippen molar-refractivity contribution in [2.45, 2.75) is 32.5 Å². The van der Waals surface area contributed by atoms with Gasteiger partial charge in [0.15, 0.2) is 0 Å². The molecule has 138 valence electrons. The maximum Gasteiger partial charge on any atom is 0.129 e. The summed E-state index contributed by atoms with van der Waals surface area (Å²) in [5.74, 6) is 1.57. The van der Waals surface area contributed by atoms with Gasteiger partial charge in [-0.25, -0.2) is 4.98 Å². The molecule has 0 unspecified atom stereocenters. The zero-order chi connectivity index (χ0) is 18.7. The molecule has 1 saturated heterocycles. The van der Waals surface area contributed by atoms with E-state index in [1.54, 1.807) is 19.4 Å². The summed E-state index contributed by atoms with van der Waals surface area (Å²) in [6.45, 7) is 5.67. The smallest absolute Gasteiger partial charge is 0.129 e. The summed E-state index contributed by atoms with van der Waals surface area (Å²) in [6, 6.07) is 9.22. The van der Waals surface area contributed by atoms with Crippen LogP contribution >= 0.6 is 0 Å². The zero-order valence-corrected chi connectivity index (χ0v) is 15.5. The Morgan fingerprint density at radius 1 is 1.31 bits per heavy atom. The molecule has 26 heavy (non-hydrogen) atoms. The number of hydrogen-bond donors (Lipinski definition) is 2. The number of aromatic nitrogens is 1. The second kappa shape index (κ2) is 7.74. The highest BCUT2D eigenvalue weighted by atomic mass is 16.5. The van der Waals surface area contributed by atoms with Crippen molar-refractivity contribution in [3.05, 3.63) is 47.7 Å². The molecule has 1 fully saturated rings. The average molecular weight is 354 g/mol. The summed E-state index contributed by atoms with van der Waals surface area (Å²) < 4.78 is 11.2. The minimum atomic E-state index is 0.0667. The summed E-state index contributed by atoms with van der Waals surface area (Å²) in [7, 11) is 1.74. The van der Waals surface area contributed by atoms with Gasteiger partial charge in [-0.15, -0.1) is 0 Å². The number of methoxy groups -OCH3 is 1. The Bertz CT molecular complexity index is 791. The lowest BCUT2D eigenvalue weighted by Gasteiger charge is -2.18. The minimum Gasteiger partial charge on any atom is -0.491 e. The Hall–Kier alpha value is -2.60. The molecule has 0 radical (unpaired) electrons. The number of nitrogens with one attached hydrogen (secondary N) is 1. The molecule has 1 aromatic carbocycles. The molecule has 6 nitrogen and oxygen atoms in total. The topological polar surface area (TPSA) is 84.5 Å². The molecule has 0 spiro atoms. The molecule has 0 amide bonds. The van der Waals surface area contributed by atoms with Crippen molar-refractivity contribution in [2.75, 3.05) is 30.8 Å². The number of benzene rings is 1. The van der Waals surface area contributed by atoms with Crippen molar-refractivity contribution in [1.82, 2.24) is 4.98 Å². The molecule has 1 atom stereocenters. The van der Waals surface area contributed by atoms with E-state index in [-0.39, 0.29) is 12.2 Å². The normalized spacial score (nSPS) is 16.9. The van der Waals surface area contributed by atoms with E-state index in [9.17, 15) is 0 Å². The SMILES string of the molecule is CO[C@@H]1CCN(c2cc(C(=N)c3cc(OC(C)C)ccc3N)ccn2)C1. The zero-order valence-electron chi connectivity index (χ0n) is 15.5. The number of pyridine rings is 1. The molecular weight excluding hydrogens is 328 g/mol. The van der Waals surface area contributed by atoms with Crippen LogP contribution < -0.4 is 15.4 Å². The van der Waals surface area contributed by atoms with Crippen LogP contribution in [0.4, 0.5) is 11.5 Å². The molecule has 0 saturated carbocycles. The Balaban J connectivity index is 1.85. The number of ether oxygens (including phenoxy) is 2. The molecule has 0 aliphatic carbocycles. The molecule has 6 heteroatoms. The predicted octanol–water partition coefficient (Wildman–Crippen LogP) is 3.09. The van der Waals surface area contributed by atoms with Gasteiger partial charge in [-0.2, -0.15) is 0 Å². The molecule has 1 aliphatic heterocycles. The number of anilines is 2. The molecule has 1 aromatic heterocycles. The summed E-state index contributed by atoms with van der Waals surface area (Å²) in [6.07, 6.45) is 3.03. The highest BCUT2D eigenvalue weighted by Gasteiger charge is 2.23. The van der Waals surface area contributed by atoms with Gasteiger partial charge in [0.1, 0.15) is 11.6 Å². The third-order valence-corrected chi connectivity index (χ3v) is 4.50. The molecule has 0 bridgehead atoms. The van der Waals surface area contributed by atoms with Crippen LogP contribution in [0.1, 0.15) is 31.4 Å². The summed E-state index contributed by atoms with van der Waals surface area (Å²) in [4.78, 5) is 6.65. The van der Waals surface area contributed by atoms with Crippen molar-refractivity contribution >= 4 is 17.2 Å². The van der Waals surface area contributed by atoms with Crippen LogP contribution in [0.15, 0.2) is 36.5 Å². The van der Waals surface area contributed by atoms with Crippen molar-refractivity contribution in [3.63, 3.8) is 0 Å². The number of nitrogens with zero attached hydrogens (tertiary/aromatic N) is 2. The summed E-state index contributed by atoms with van der Waals surface area (Å²) >= 11 is 0. The first kappa shape index (κ1) is 18.2. The Labute approximate surface area is 154 Å². The molecule has 3 N–H and O–H groups in total. The van der Waals surface area contributed by atoms with Gasteiger partial charge in [0, 0.05) is 43.2 Å². The van der Waals surface area contributed by atoms with Crippen LogP contribution in [0.25, 0.3) is 0 Å². The van der Waals surface area contributed by atoms with Crippen molar-refractivity contribution in [1.29, 1.82) is 5.41 Å². The fraction of sp³-hybridized carbons (Fsp3) is 0.400. The van der Waals surface area contributed by atoms with E-state index in [1.807, 2.05) is 38.1 Å². The van der Waals surface area contributed by atoms with Gasteiger partial charge in [-0.3, -0.25) is 5.41 Å². The third-order valence-electron chi connectivity index (χ3n) is 4.50. The van der Waals surface area contributed by atoms with Gasteiger partial charge >= 0.3 is 0 Å². The molecular formula is C20H26N4O2. The Kier molecular flexibility index (Phi) is 5.42. The number of rotatable bonds is 6. The van der Waals surface area contributed by atoms with E-state index in [4.69, 9.17) is 20.6 Å². The molecule has 1 aliphatic rings. The van der Waals surface area contributed by atoms with Gasteiger partial charge in [-0.1, -0.05) is 0 Å². The lowest BCUT2D eigenvalue weighted by atomic mass is 10.0. The maximum absolute atomic E-state index is 8.63. The van der Waals surface area contributed by atoms with Gasteiger partial charge in [0.05, 0.1) is 17.9 Å². The second-order valence-corrected chi connectivity index (χ2v) is 6.79. The second-order valence-electron chi connectivity index (χ2n) is 6.79. The molecule has 2 aromatic rings. The number of nitrogen functional groups attached to an aromatic ring is 1. The monoisotopic (exact) mass is 354 g/mol. The van der Waals surface area contributed by atoms with Crippen LogP contribution in [-0.4, -0.2) is 43.1 Å². The van der Waals surface area contributed by atoms with Crippen LogP contribution in [0.3, 0.4) is 0 Å². The fourth-order valence-corrected chi connectivity index (χ4v) is 3.13. The van der Waals surface area contributed by atoms with Crippen LogP contribution in [0.5, 0.6) is 5.75 Å². The first-order valence-corrected chi connectivity index (χ1v) is 8.87. The average Bonchev–Trinajstić information content (AvgIpc) is 3.12. The van der Waals surface area contributed by atoms with Gasteiger partial charge < -0.3 is 20.1 Å². The highest BCUT2D eigenvalue weighted by Crippen LogP contribution is 2.25. The maximum atomic E-state index is 8.63. The van der Waals surface area contributed by atoms with E-state index < -0.39 is 0 Å². The Morgan fingerprint density at radius 3 is 2.81 bits per heavy atom. The van der Waals surface area contributed by atoms with Crippen LogP contribution in [-0.2, 0) is 4.74 Å². The number of hydrogen-bond acceptors (Lipinski definition) is 6. The lowest BCUT2D eigenvalue weighted by molar-refractivity contribution is 0.121. The van der Waals surface area contributed by atoms with Crippen molar-refractivity contribution < 1.29 is 9.47 Å². The van der Waals surface area contributed by atoms with Crippen LogP contribution in [0, 0.1) is 5.41 Å². The highest BCUT2D eigenvalue weighted by molar-refractivity contribution is 6.14. The van der Waals surface area contributed by atoms with Gasteiger partial charge in [0.25, 0.3) is 0 Å². The minimum absolute atomic E-state index is 0.0667. The molecule has 2 heterocycles. The van der Waals surface area contributed by atoms with E-state index in [0.717, 1.165) is 30.9 Å². The molecule has 3 rings (SSSR count). The first-order valence-electron chi connectivity index (χ1n) is 8.87. The van der Waals surface area contributed by atoms with Crippen molar-refractivity contribution in [2.24, 2.45) is 0 Å². The predicted molar refractivity (Wildman–Crippen MR) is 104 cm³/mol. The Morgan fingerprint density at radius 2 is 2.12 bits per heavy atom. The van der Waals surface area contributed by atoms with Crippen molar-refractivity contribution in [3.8, 4) is 5.75 Å².